The predicted octanol–water partition coefficient (Wildman–Crippen LogP) is 6.02. The molecule has 7 rings (SSSR count). The molecule has 1 aliphatic carbocycles. The van der Waals surface area contributed by atoms with E-state index in [1.807, 2.05) is 11.3 Å². The summed E-state index contributed by atoms with van der Waals surface area (Å²) in [4.78, 5) is 1.45. The lowest BCUT2D eigenvalue weighted by molar-refractivity contribution is 0.604. The van der Waals surface area contributed by atoms with Gasteiger partial charge in [0.1, 0.15) is 0 Å². The number of fused-ring (bicyclic) bond motifs is 5. The number of anilines is 2. The number of benzene rings is 3. The van der Waals surface area contributed by atoms with Crippen molar-refractivity contribution in [1.29, 1.82) is 0 Å². The Morgan fingerprint density at radius 3 is 2.41 bits per heavy atom. The van der Waals surface area contributed by atoms with Crippen LogP contribution in [0.2, 0.25) is 0 Å². The van der Waals surface area contributed by atoms with Gasteiger partial charge in [0.05, 0.1) is 0 Å². The van der Waals surface area contributed by atoms with E-state index in [0.717, 1.165) is 0 Å². The van der Waals surface area contributed by atoms with E-state index in [-0.39, 0.29) is 17.5 Å². The van der Waals surface area contributed by atoms with Gasteiger partial charge in [0.15, 0.2) is 0 Å². The fourth-order valence-corrected chi connectivity index (χ4v) is 7.62. The van der Waals surface area contributed by atoms with Crippen molar-refractivity contribution in [2.75, 3.05) is 5.32 Å². The average molecular weight is 459 g/mol. The number of thiophene rings is 1. The van der Waals surface area contributed by atoms with Gasteiger partial charge in [-0.05, 0) is 57.6 Å². The molecule has 2 aliphatic heterocycles. The molecule has 34 heavy (non-hydrogen) atoms. The molecule has 1 N–H and O–H groups in total. The zero-order valence-electron chi connectivity index (χ0n) is 20.7. The Morgan fingerprint density at radius 2 is 1.68 bits per heavy atom. The Balaban J connectivity index is 1.54. The molecule has 1 aromatic heterocycles. The second-order valence-electron chi connectivity index (χ2n) is 11.8. The van der Waals surface area contributed by atoms with Crippen LogP contribution < -0.4 is 21.0 Å². The first-order valence-electron chi connectivity index (χ1n) is 12.5. The molecule has 3 aliphatic rings. The van der Waals surface area contributed by atoms with Gasteiger partial charge in [0, 0.05) is 32.0 Å². The second kappa shape index (κ2) is 6.67. The number of hydrogen-bond acceptors (Lipinski definition) is 2. The van der Waals surface area contributed by atoms with Crippen LogP contribution in [0.4, 0.5) is 11.4 Å². The third kappa shape index (κ3) is 2.68. The van der Waals surface area contributed by atoms with Gasteiger partial charge in [-0.2, -0.15) is 11.3 Å². The van der Waals surface area contributed by atoms with Gasteiger partial charge in [-0.15, -0.1) is 0 Å². The monoisotopic (exact) mass is 459 g/mol. The SMILES string of the molecule is CC(C)(C)c1cc2c(s1)B1c3ccccc3C(C)(C)c3ccc(-c4ccc5c(c4)CC5)c(c31)N2. The van der Waals surface area contributed by atoms with E-state index in [0.29, 0.717) is 0 Å². The van der Waals surface area contributed by atoms with E-state index in [4.69, 9.17) is 0 Å². The molecule has 0 fully saturated rings. The van der Waals surface area contributed by atoms with Crippen LogP contribution >= 0.6 is 11.3 Å². The maximum Gasteiger partial charge on any atom is 0.260 e. The van der Waals surface area contributed by atoms with Crippen LogP contribution in [0.15, 0.2) is 60.7 Å². The van der Waals surface area contributed by atoms with E-state index in [2.05, 4.69) is 101 Å². The molecular weight excluding hydrogens is 429 g/mol. The van der Waals surface area contributed by atoms with Gasteiger partial charge in [-0.3, -0.25) is 0 Å². The van der Waals surface area contributed by atoms with Crippen LogP contribution in [0, 0.1) is 0 Å². The Labute approximate surface area is 207 Å². The maximum atomic E-state index is 3.97. The molecule has 0 saturated heterocycles. The number of aryl methyl sites for hydroxylation is 2. The Hall–Kier alpha value is -2.78. The van der Waals surface area contributed by atoms with Gasteiger partial charge in [-0.1, -0.05) is 94.7 Å². The van der Waals surface area contributed by atoms with Crippen molar-refractivity contribution in [3.05, 3.63) is 87.8 Å². The smallest absolute Gasteiger partial charge is 0.260 e. The van der Waals surface area contributed by atoms with E-state index in [9.17, 15) is 0 Å². The summed E-state index contributed by atoms with van der Waals surface area (Å²) in [5, 5.41) is 3.97. The second-order valence-corrected chi connectivity index (χ2v) is 12.9. The molecule has 3 heteroatoms. The molecule has 0 atom stereocenters. The van der Waals surface area contributed by atoms with Crippen LogP contribution in [-0.4, -0.2) is 6.71 Å². The fraction of sp³-hybridized carbons (Fsp3) is 0.290. The Morgan fingerprint density at radius 1 is 0.882 bits per heavy atom. The molecule has 0 spiro atoms. The lowest BCUT2D eigenvalue weighted by Gasteiger charge is -2.42. The first-order valence-corrected chi connectivity index (χ1v) is 13.4. The highest BCUT2D eigenvalue weighted by atomic mass is 32.1. The van der Waals surface area contributed by atoms with Crippen LogP contribution in [0.3, 0.4) is 0 Å². The summed E-state index contributed by atoms with van der Waals surface area (Å²) >= 11 is 2.00. The molecule has 0 unspecified atom stereocenters. The predicted molar refractivity (Wildman–Crippen MR) is 149 cm³/mol. The van der Waals surface area contributed by atoms with Crippen LogP contribution in [0.5, 0.6) is 0 Å². The summed E-state index contributed by atoms with van der Waals surface area (Å²) in [6.45, 7) is 12.1. The highest BCUT2D eigenvalue weighted by Gasteiger charge is 2.45. The molecule has 4 aromatic rings. The standard InChI is InChI=1S/C31H30BNS/c1-30(2,3)26-17-25-29(34-26)32-24-9-7-6-8-22(24)31(4,5)23-15-14-21(28(33-25)27(23)32)20-13-11-18-10-12-19(18)16-20/h6-9,11,13-17,33H,10,12H2,1-5H3. The lowest BCUT2D eigenvalue weighted by atomic mass is 9.32. The third-order valence-corrected chi connectivity index (χ3v) is 9.98. The molecule has 3 heterocycles. The fourth-order valence-electron chi connectivity index (χ4n) is 6.31. The first kappa shape index (κ1) is 20.6. The van der Waals surface area contributed by atoms with E-state index >= 15 is 0 Å². The molecule has 0 amide bonds. The average Bonchev–Trinajstić information content (AvgIpc) is 3.22. The summed E-state index contributed by atoms with van der Waals surface area (Å²) in [5.41, 5.74) is 14.3. The highest BCUT2D eigenvalue weighted by molar-refractivity contribution is 7.29. The molecule has 0 radical (unpaired) electrons. The molecule has 168 valence electrons. The summed E-state index contributed by atoms with van der Waals surface area (Å²) < 4.78 is 1.47. The van der Waals surface area contributed by atoms with Crippen molar-refractivity contribution in [2.45, 2.75) is 58.3 Å². The molecule has 3 aromatic carbocycles. The van der Waals surface area contributed by atoms with E-state index < -0.39 is 0 Å². The van der Waals surface area contributed by atoms with Crippen LogP contribution in [0.1, 0.15) is 61.7 Å². The minimum absolute atomic E-state index is 0.0283. The van der Waals surface area contributed by atoms with Gasteiger partial charge in [-0.25, -0.2) is 0 Å². The van der Waals surface area contributed by atoms with Crippen molar-refractivity contribution >= 4 is 45.1 Å². The maximum absolute atomic E-state index is 3.97. The summed E-state index contributed by atoms with van der Waals surface area (Å²) in [6, 6.07) is 23.5. The largest absolute Gasteiger partial charge is 0.355 e. The normalized spacial score (nSPS) is 16.6. The first-order chi connectivity index (χ1) is 16.2. The van der Waals surface area contributed by atoms with Crippen molar-refractivity contribution in [3.63, 3.8) is 0 Å². The third-order valence-electron chi connectivity index (χ3n) is 8.36. The minimum Gasteiger partial charge on any atom is -0.355 e. The molecule has 1 nitrogen and oxygen atoms in total. The summed E-state index contributed by atoms with van der Waals surface area (Å²) in [5.74, 6) is 0. The lowest BCUT2D eigenvalue weighted by Crippen LogP contribution is -2.62. The van der Waals surface area contributed by atoms with Crippen molar-refractivity contribution < 1.29 is 0 Å². The minimum atomic E-state index is -0.0283. The van der Waals surface area contributed by atoms with Gasteiger partial charge in [0.2, 0.25) is 0 Å². The Kier molecular flexibility index (Phi) is 4.04. The van der Waals surface area contributed by atoms with E-state index in [1.165, 1.54) is 78.2 Å². The number of hydrogen-bond donors (Lipinski definition) is 1. The van der Waals surface area contributed by atoms with Gasteiger partial charge >= 0.3 is 0 Å². The zero-order valence-corrected chi connectivity index (χ0v) is 21.5. The van der Waals surface area contributed by atoms with Gasteiger partial charge in [0.25, 0.3) is 6.71 Å². The number of rotatable bonds is 1. The summed E-state index contributed by atoms with van der Waals surface area (Å²) in [6.07, 6.45) is 2.44. The Bertz CT molecular complexity index is 1500. The molecular formula is C31H30BNS. The van der Waals surface area contributed by atoms with Crippen molar-refractivity contribution in [1.82, 2.24) is 0 Å². The molecule has 0 saturated carbocycles. The van der Waals surface area contributed by atoms with Crippen molar-refractivity contribution in [3.8, 4) is 11.1 Å². The van der Waals surface area contributed by atoms with Crippen LogP contribution in [0.25, 0.3) is 11.1 Å². The van der Waals surface area contributed by atoms with E-state index in [1.54, 1.807) is 0 Å². The quantitative estimate of drug-likeness (QED) is 0.302. The van der Waals surface area contributed by atoms with Gasteiger partial charge < -0.3 is 5.32 Å². The number of nitrogens with one attached hydrogen (secondary N) is 1. The van der Waals surface area contributed by atoms with Crippen LogP contribution in [-0.2, 0) is 23.7 Å². The zero-order chi connectivity index (χ0) is 23.4. The van der Waals surface area contributed by atoms with Crippen molar-refractivity contribution in [2.24, 2.45) is 0 Å². The topological polar surface area (TPSA) is 12.0 Å². The highest BCUT2D eigenvalue weighted by Crippen LogP contribution is 2.43. The summed E-state index contributed by atoms with van der Waals surface area (Å²) in [7, 11) is 0. The molecule has 0 bridgehead atoms.